The summed E-state index contributed by atoms with van der Waals surface area (Å²) in [6, 6.07) is 20.5. The van der Waals surface area contributed by atoms with Gasteiger partial charge in [0, 0.05) is 21.3 Å². The smallest absolute Gasteiger partial charge is 0.234 e. The van der Waals surface area contributed by atoms with E-state index in [0.29, 0.717) is 21.0 Å². The zero-order valence-electron chi connectivity index (χ0n) is 15.9. The van der Waals surface area contributed by atoms with Gasteiger partial charge in [0.15, 0.2) is 11.0 Å². The fourth-order valence-corrected chi connectivity index (χ4v) is 3.95. The first-order valence-electron chi connectivity index (χ1n) is 9.16. The summed E-state index contributed by atoms with van der Waals surface area (Å²) >= 11 is 13.4. The Morgan fingerprint density at radius 1 is 0.968 bits per heavy atom. The van der Waals surface area contributed by atoms with E-state index in [9.17, 15) is 9.18 Å². The second kappa shape index (κ2) is 9.51. The Morgan fingerprint density at radius 3 is 2.48 bits per heavy atom. The maximum absolute atomic E-state index is 13.8. The van der Waals surface area contributed by atoms with E-state index in [1.54, 1.807) is 36.4 Å². The number of thioether (sulfide) groups is 1. The van der Waals surface area contributed by atoms with Crippen molar-refractivity contribution in [3.8, 4) is 17.1 Å². The average Bonchev–Trinajstić information content (AvgIpc) is 3.18. The van der Waals surface area contributed by atoms with Gasteiger partial charge in [-0.05, 0) is 48.5 Å². The maximum atomic E-state index is 13.8. The molecule has 0 radical (unpaired) electrons. The third-order valence-corrected chi connectivity index (χ3v) is 5.70. The number of carbonyl (C=O) groups is 1. The first-order chi connectivity index (χ1) is 15.0. The monoisotopic (exact) mass is 472 g/mol. The molecule has 9 heteroatoms. The lowest BCUT2D eigenvalue weighted by Crippen LogP contribution is -2.15. The second-order valence-electron chi connectivity index (χ2n) is 6.45. The summed E-state index contributed by atoms with van der Waals surface area (Å²) in [6.07, 6.45) is 0. The SMILES string of the molecule is O=C(CSc1nnc(-c2cccc(Cl)c2)n1-c1ccc(Cl)cc1)Nc1ccccc1F. The summed E-state index contributed by atoms with van der Waals surface area (Å²) in [5.41, 5.74) is 1.69. The molecular formula is C22H15Cl2FN4OS. The van der Waals surface area contributed by atoms with Crippen molar-refractivity contribution in [2.45, 2.75) is 5.16 Å². The van der Waals surface area contributed by atoms with Crippen molar-refractivity contribution in [2.75, 3.05) is 11.1 Å². The Kier molecular flexibility index (Phi) is 6.56. The van der Waals surface area contributed by atoms with E-state index in [-0.39, 0.29) is 17.3 Å². The van der Waals surface area contributed by atoms with Crippen LogP contribution in [0.5, 0.6) is 0 Å². The molecule has 156 valence electrons. The number of para-hydroxylation sites is 1. The minimum absolute atomic E-state index is 0.0234. The van der Waals surface area contributed by atoms with Gasteiger partial charge in [0.2, 0.25) is 5.91 Å². The third kappa shape index (κ3) is 5.07. The molecule has 5 nitrogen and oxygen atoms in total. The zero-order valence-corrected chi connectivity index (χ0v) is 18.3. The van der Waals surface area contributed by atoms with E-state index < -0.39 is 5.82 Å². The van der Waals surface area contributed by atoms with Crippen molar-refractivity contribution in [2.24, 2.45) is 0 Å². The lowest BCUT2D eigenvalue weighted by atomic mass is 10.2. The molecule has 0 fully saturated rings. The van der Waals surface area contributed by atoms with Crippen molar-refractivity contribution in [3.05, 3.63) is 88.7 Å². The van der Waals surface area contributed by atoms with Gasteiger partial charge in [-0.2, -0.15) is 0 Å². The van der Waals surface area contributed by atoms with Gasteiger partial charge in [0.05, 0.1) is 11.4 Å². The van der Waals surface area contributed by atoms with Crippen LogP contribution in [-0.4, -0.2) is 26.4 Å². The van der Waals surface area contributed by atoms with Crippen LogP contribution in [0.3, 0.4) is 0 Å². The summed E-state index contributed by atoms with van der Waals surface area (Å²) in [4.78, 5) is 12.4. The molecule has 1 aromatic heterocycles. The van der Waals surface area contributed by atoms with Crippen LogP contribution in [0, 0.1) is 5.82 Å². The number of carbonyl (C=O) groups excluding carboxylic acids is 1. The van der Waals surface area contributed by atoms with Crippen LogP contribution in [-0.2, 0) is 4.79 Å². The highest BCUT2D eigenvalue weighted by Gasteiger charge is 2.18. The van der Waals surface area contributed by atoms with E-state index >= 15 is 0 Å². The number of anilines is 1. The Bertz CT molecular complexity index is 1230. The molecule has 0 aliphatic heterocycles. The molecule has 3 aromatic carbocycles. The van der Waals surface area contributed by atoms with E-state index in [0.717, 1.165) is 11.3 Å². The van der Waals surface area contributed by atoms with Gasteiger partial charge < -0.3 is 5.32 Å². The molecule has 0 aliphatic carbocycles. The number of aromatic nitrogens is 3. The number of benzene rings is 3. The Hall–Kier alpha value is -2.87. The lowest BCUT2D eigenvalue weighted by Gasteiger charge is -2.11. The molecule has 0 saturated heterocycles. The molecule has 1 N–H and O–H groups in total. The summed E-state index contributed by atoms with van der Waals surface area (Å²) < 4.78 is 15.6. The predicted octanol–water partition coefficient (Wildman–Crippen LogP) is 6.11. The first kappa shape index (κ1) is 21.4. The average molecular weight is 473 g/mol. The van der Waals surface area contributed by atoms with Crippen molar-refractivity contribution < 1.29 is 9.18 Å². The fourth-order valence-electron chi connectivity index (χ4n) is 2.88. The van der Waals surface area contributed by atoms with Crippen LogP contribution in [0.2, 0.25) is 10.0 Å². The summed E-state index contributed by atoms with van der Waals surface area (Å²) in [5, 5.41) is 12.8. The molecule has 0 spiro atoms. The van der Waals surface area contributed by atoms with Gasteiger partial charge in [0.25, 0.3) is 0 Å². The minimum atomic E-state index is -0.492. The zero-order chi connectivity index (χ0) is 21.8. The van der Waals surface area contributed by atoms with Crippen LogP contribution < -0.4 is 5.32 Å². The molecule has 0 unspecified atom stereocenters. The van der Waals surface area contributed by atoms with E-state index in [1.807, 2.05) is 28.8 Å². The normalized spacial score (nSPS) is 10.8. The number of nitrogens with zero attached hydrogens (tertiary/aromatic N) is 3. The highest BCUT2D eigenvalue weighted by molar-refractivity contribution is 7.99. The van der Waals surface area contributed by atoms with Gasteiger partial charge in [0.1, 0.15) is 5.82 Å². The van der Waals surface area contributed by atoms with Gasteiger partial charge in [-0.3, -0.25) is 9.36 Å². The number of hydrogen-bond donors (Lipinski definition) is 1. The summed E-state index contributed by atoms with van der Waals surface area (Å²) in [6.45, 7) is 0. The third-order valence-electron chi connectivity index (χ3n) is 4.28. The van der Waals surface area contributed by atoms with E-state index in [4.69, 9.17) is 23.2 Å². The number of rotatable bonds is 6. The maximum Gasteiger partial charge on any atom is 0.234 e. The van der Waals surface area contributed by atoms with E-state index in [1.165, 1.54) is 23.9 Å². The van der Waals surface area contributed by atoms with Crippen LogP contribution >= 0.6 is 35.0 Å². The second-order valence-corrected chi connectivity index (χ2v) is 8.26. The van der Waals surface area contributed by atoms with Crippen LogP contribution in [0.25, 0.3) is 17.1 Å². The first-order valence-corrected chi connectivity index (χ1v) is 10.9. The Labute approximate surface area is 192 Å². The fraction of sp³-hybridized carbons (Fsp3) is 0.0455. The molecule has 0 aliphatic rings. The van der Waals surface area contributed by atoms with Crippen LogP contribution in [0.1, 0.15) is 0 Å². The summed E-state index contributed by atoms with van der Waals surface area (Å²) in [7, 11) is 0. The van der Waals surface area contributed by atoms with Crippen molar-refractivity contribution in [1.29, 1.82) is 0 Å². The number of nitrogens with one attached hydrogen (secondary N) is 1. The standard InChI is InChI=1S/C22H15Cl2FN4OS/c23-15-8-10-17(11-9-15)29-21(14-4-3-5-16(24)12-14)27-28-22(29)31-13-20(30)26-19-7-2-1-6-18(19)25/h1-12H,13H2,(H,26,30). The largest absolute Gasteiger partial charge is 0.323 e. The number of hydrogen-bond acceptors (Lipinski definition) is 4. The molecular weight excluding hydrogens is 458 g/mol. The minimum Gasteiger partial charge on any atom is -0.323 e. The van der Waals surface area contributed by atoms with Gasteiger partial charge in [-0.15, -0.1) is 10.2 Å². The Morgan fingerprint density at radius 2 is 1.74 bits per heavy atom. The Balaban J connectivity index is 1.62. The van der Waals surface area contributed by atoms with E-state index in [2.05, 4.69) is 15.5 Å². The molecule has 1 heterocycles. The van der Waals surface area contributed by atoms with Crippen LogP contribution in [0.4, 0.5) is 10.1 Å². The molecule has 31 heavy (non-hydrogen) atoms. The topological polar surface area (TPSA) is 59.8 Å². The molecule has 1 amide bonds. The quantitative estimate of drug-likeness (QED) is 0.343. The number of amides is 1. The van der Waals surface area contributed by atoms with Gasteiger partial charge in [-0.25, -0.2) is 4.39 Å². The molecule has 0 bridgehead atoms. The van der Waals surface area contributed by atoms with Crippen molar-refractivity contribution >= 4 is 46.6 Å². The molecule has 0 saturated carbocycles. The summed E-state index contributed by atoms with van der Waals surface area (Å²) in [5.74, 6) is -0.254. The lowest BCUT2D eigenvalue weighted by molar-refractivity contribution is -0.113. The molecule has 4 aromatic rings. The number of halogens is 3. The highest BCUT2D eigenvalue weighted by Crippen LogP contribution is 2.30. The van der Waals surface area contributed by atoms with Crippen LogP contribution in [0.15, 0.2) is 78.0 Å². The van der Waals surface area contributed by atoms with Gasteiger partial charge in [-0.1, -0.05) is 59.2 Å². The molecule has 4 rings (SSSR count). The van der Waals surface area contributed by atoms with Gasteiger partial charge >= 0.3 is 0 Å². The van der Waals surface area contributed by atoms with Crippen molar-refractivity contribution in [1.82, 2.24) is 14.8 Å². The molecule has 0 atom stereocenters. The predicted molar refractivity (Wildman–Crippen MR) is 123 cm³/mol. The van der Waals surface area contributed by atoms with Crippen molar-refractivity contribution in [3.63, 3.8) is 0 Å². The highest BCUT2D eigenvalue weighted by atomic mass is 35.5.